The zero-order chi connectivity index (χ0) is 8.32. The Morgan fingerprint density at radius 3 is 2.18 bits per heavy atom. The van der Waals surface area contributed by atoms with Gasteiger partial charge in [-0.3, -0.25) is 0 Å². The molecule has 1 aromatic carbocycles. The van der Waals surface area contributed by atoms with E-state index in [0.29, 0.717) is 5.30 Å². The Hall–Kier alpha value is -0.280. The van der Waals surface area contributed by atoms with E-state index in [9.17, 15) is 0 Å². The molecule has 0 fully saturated rings. The average molecular weight is 205 g/mol. The van der Waals surface area contributed by atoms with Crippen LogP contribution in [0.15, 0.2) is 30.3 Å². The lowest BCUT2D eigenvalue weighted by Gasteiger charge is -1.96. The van der Waals surface area contributed by atoms with Crippen molar-refractivity contribution in [3.8, 4) is 5.81 Å². The van der Waals surface area contributed by atoms with Gasteiger partial charge in [0, 0.05) is 0 Å². The van der Waals surface area contributed by atoms with Crippen molar-refractivity contribution in [3.05, 3.63) is 30.3 Å². The van der Waals surface area contributed by atoms with Crippen molar-refractivity contribution in [2.45, 2.75) is 0 Å². The van der Waals surface area contributed by atoms with E-state index in [1.807, 2.05) is 24.0 Å². The molecule has 0 atom stereocenters. The molecule has 0 aliphatic heterocycles. The number of halogens is 2. The Balaban J connectivity index is 3.05. The van der Waals surface area contributed by atoms with Gasteiger partial charge < -0.3 is 0 Å². The number of hydrogen-bond donors (Lipinski definition) is 0. The molecule has 0 unspecified atom stereocenters. The van der Waals surface area contributed by atoms with Crippen molar-refractivity contribution in [1.82, 2.24) is 0 Å². The number of rotatable bonds is 1. The first kappa shape index (κ1) is 8.81. The fraction of sp³-hybridized carbons (Fsp3) is 0. The van der Waals surface area contributed by atoms with Crippen molar-refractivity contribution < 1.29 is 0 Å². The van der Waals surface area contributed by atoms with Gasteiger partial charge in [-0.1, -0.05) is 18.2 Å². The van der Waals surface area contributed by atoms with Gasteiger partial charge in [0.1, 0.15) is 27.8 Å². The minimum atomic E-state index is -2.53. The third-order valence-corrected chi connectivity index (χ3v) is 4.03. The van der Waals surface area contributed by atoms with Crippen LogP contribution in [-0.2, 0) is 0 Å². The molecule has 0 spiro atoms. The normalized spacial score (nSPS) is 10.6. The number of benzene rings is 1. The summed E-state index contributed by atoms with van der Waals surface area (Å²) in [5, 5.41) is 9.30. The fourth-order valence-corrected chi connectivity index (χ4v) is 2.01. The highest BCUT2D eigenvalue weighted by molar-refractivity contribution is 8.25. The summed E-state index contributed by atoms with van der Waals surface area (Å²) in [6.07, 6.45) is 0. The van der Waals surface area contributed by atoms with Gasteiger partial charge in [-0.05, 0) is 12.1 Å². The molecule has 0 aliphatic rings. The second kappa shape index (κ2) is 3.41. The van der Waals surface area contributed by atoms with E-state index < -0.39 is 5.97 Å². The van der Waals surface area contributed by atoms with E-state index in [2.05, 4.69) is 0 Å². The first-order valence-corrected chi connectivity index (χ1v) is 6.52. The van der Waals surface area contributed by atoms with E-state index in [4.69, 9.17) is 27.7 Å². The molecule has 0 heterocycles. The molecule has 56 valence electrons. The molecule has 0 saturated heterocycles. The monoisotopic (exact) mass is 204 g/mol. The van der Waals surface area contributed by atoms with Crippen molar-refractivity contribution in [1.29, 1.82) is 5.26 Å². The van der Waals surface area contributed by atoms with Gasteiger partial charge >= 0.3 is 5.97 Å². The van der Waals surface area contributed by atoms with Crippen molar-refractivity contribution >= 4 is 33.8 Å². The van der Waals surface area contributed by atoms with Crippen LogP contribution >= 0.6 is 28.4 Å². The molecule has 11 heavy (non-hydrogen) atoms. The molecule has 0 radical (unpaired) electrons. The van der Waals surface area contributed by atoms with Crippen molar-refractivity contribution in [2.75, 3.05) is 0 Å². The molecule has 1 rings (SSSR count). The van der Waals surface area contributed by atoms with Gasteiger partial charge in [0.2, 0.25) is 0 Å². The smallest absolute Gasteiger partial charge is 0.148 e. The standard InChI is InChI=1S/C7H5Cl2NP/c8-11(9,6-10)7-4-2-1-3-5-7/h1-5H/q+1. The predicted molar refractivity (Wildman–Crippen MR) is 50.3 cm³/mol. The summed E-state index contributed by atoms with van der Waals surface area (Å²) in [5.41, 5.74) is 0. The van der Waals surface area contributed by atoms with Gasteiger partial charge in [-0.25, -0.2) is 0 Å². The maximum absolute atomic E-state index is 8.58. The molecule has 0 amide bonds. The summed E-state index contributed by atoms with van der Waals surface area (Å²) in [4.78, 5) is 0. The van der Waals surface area contributed by atoms with Crippen LogP contribution in [0.2, 0.25) is 0 Å². The third-order valence-electron chi connectivity index (χ3n) is 1.21. The third kappa shape index (κ3) is 2.07. The lowest BCUT2D eigenvalue weighted by atomic mass is 10.4. The molecule has 4 heteroatoms. The van der Waals surface area contributed by atoms with E-state index in [1.54, 1.807) is 12.1 Å². The van der Waals surface area contributed by atoms with Crippen molar-refractivity contribution in [3.63, 3.8) is 0 Å². The van der Waals surface area contributed by atoms with Crippen LogP contribution in [0.4, 0.5) is 0 Å². The summed E-state index contributed by atoms with van der Waals surface area (Å²) in [7, 11) is 0. The molecule has 1 aromatic rings. The van der Waals surface area contributed by atoms with Gasteiger partial charge in [-0.15, -0.1) is 5.26 Å². The first-order valence-electron chi connectivity index (χ1n) is 2.92. The van der Waals surface area contributed by atoms with Crippen molar-refractivity contribution in [2.24, 2.45) is 0 Å². The summed E-state index contributed by atoms with van der Waals surface area (Å²) >= 11 is 11.5. The van der Waals surface area contributed by atoms with Gasteiger partial charge in [0.15, 0.2) is 0 Å². The Bertz CT molecular complexity index is 278. The van der Waals surface area contributed by atoms with E-state index >= 15 is 0 Å². The highest BCUT2D eigenvalue weighted by Crippen LogP contribution is 2.66. The van der Waals surface area contributed by atoms with E-state index in [-0.39, 0.29) is 0 Å². The Labute approximate surface area is 75.5 Å². The summed E-state index contributed by atoms with van der Waals surface area (Å²) in [6, 6.07) is 9.00. The molecule has 0 saturated carbocycles. The second-order valence-electron chi connectivity index (χ2n) is 1.95. The van der Waals surface area contributed by atoms with Crippen LogP contribution in [0, 0.1) is 11.1 Å². The molecule has 0 N–H and O–H groups in total. The maximum Gasteiger partial charge on any atom is 0.346 e. The molecule has 1 nitrogen and oxygen atoms in total. The van der Waals surface area contributed by atoms with Gasteiger partial charge in [0.05, 0.1) is 0 Å². The van der Waals surface area contributed by atoms with Crippen LogP contribution in [0.3, 0.4) is 0 Å². The SMILES string of the molecule is N#C[P+](Cl)(Cl)c1ccccc1. The molecule has 0 bridgehead atoms. The topological polar surface area (TPSA) is 23.8 Å². The number of nitrogens with zero attached hydrogens (tertiary/aromatic N) is 1. The highest BCUT2D eigenvalue weighted by atomic mass is 35.9. The van der Waals surface area contributed by atoms with Gasteiger partial charge in [-0.2, -0.15) is 0 Å². The van der Waals surface area contributed by atoms with Crippen LogP contribution in [0.1, 0.15) is 0 Å². The number of hydrogen-bond acceptors (Lipinski definition) is 1. The molecule has 0 aromatic heterocycles. The quantitative estimate of drug-likeness (QED) is 0.646. The zero-order valence-electron chi connectivity index (χ0n) is 5.54. The Morgan fingerprint density at radius 2 is 1.73 bits per heavy atom. The summed E-state index contributed by atoms with van der Waals surface area (Å²) in [5.74, 6) is -0.626. The Kier molecular flexibility index (Phi) is 2.73. The van der Waals surface area contributed by atoms with Crippen LogP contribution < -0.4 is 5.30 Å². The molecular weight excluding hydrogens is 200 g/mol. The minimum Gasteiger partial charge on any atom is -0.148 e. The number of nitriles is 1. The second-order valence-corrected chi connectivity index (χ2v) is 7.25. The molecular formula is C7H5Cl2NP+. The van der Waals surface area contributed by atoms with Crippen LogP contribution in [0.25, 0.3) is 0 Å². The van der Waals surface area contributed by atoms with Gasteiger partial charge in [0.25, 0.3) is 5.81 Å². The molecule has 0 aliphatic carbocycles. The lowest BCUT2D eigenvalue weighted by Crippen LogP contribution is -1.98. The van der Waals surface area contributed by atoms with E-state index in [0.717, 1.165) is 0 Å². The zero-order valence-corrected chi connectivity index (χ0v) is 7.94. The lowest BCUT2D eigenvalue weighted by molar-refractivity contribution is 1.56. The first-order chi connectivity index (χ1) is 5.17. The minimum absolute atomic E-state index is 0.714. The maximum atomic E-state index is 8.58. The van der Waals surface area contributed by atoms with Crippen LogP contribution in [0.5, 0.6) is 0 Å². The predicted octanol–water partition coefficient (Wildman–Crippen LogP) is 3.12. The summed E-state index contributed by atoms with van der Waals surface area (Å²) < 4.78 is 0. The highest BCUT2D eigenvalue weighted by Gasteiger charge is 2.38. The fourth-order valence-electron chi connectivity index (χ4n) is 0.673. The average Bonchev–Trinajstić information content (AvgIpc) is 2.06. The summed E-state index contributed by atoms with van der Waals surface area (Å²) in [6.45, 7) is 0. The Morgan fingerprint density at radius 1 is 1.18 bits per heavy atom. The van der Waals surface area contributed by atoms with E-state index in [1.165, 1.54) is 0 Å². The van der Waals surface area contributed by atoms with Crippen LogP contribution in [-0.4, -0.2) is 0 Å². The largest absolute Gasteiger partial charge is 0.346 e.